The zero-order valence-corrected chi connectivity index (χ0v) is 21.7. The van der Waals surface area contributed by atoms with Crippen molar-refractivity contribution in [2.45, 2.75) is 96.7 Å². The van der Waals surface area contributed by atoms with E-state index in [1.54, 1.807) is 18.2 Å². The molecule has 8 nitrogen and oxygen atoms in total. The highest BCUT2D eigenvalue weighted by molar-refractivity contribution is 6.10. The van der Waals surface area contributed by atoms with Crippen LogP contribution in [0.2, 0.25) is 0 Å². The van der Waals surface area contributed by atoms with Crippen LogP contribution in [0.4, 0.5) is 17.1 Å². The Balaban J connectivity index is 1.58. The van der Waals surface area contributed by atoms with Gasteiger partial charge in [-0.3, -0.25) is 19.9 Å². The Morgan fingerprint density at radius 1 is 1.14 bits per heavy atom. The van der Waals surface area contributed by atoms with Crippen LogP contribution in [0.5, 0.6) is 0 Å². The minimum absolute atomic E-state index is 0.0856. The number of fused-ring (bicyclic) bond motifs is 1. The van der Waals surface area contributed by atoms with Gasteiger partial charge in [0.2, 0.25) is 5.91 Å². The Kier molecular flexibility index (Phi) is 5.64. The smallest absolute Gasteiger partial charge is 0.271 e. The van der Waals surface area contributed by atoms with Crippen molar-refractivity contribution in [1.82, 2.24) is 4.90 Å². The number of anilines is 2. The SMILES string of the molecule is CC(C)(C)CC(C)(C)N=C1Nc2ccc([N+](=O)[O-])cc2N[C@]12C[C@H]1CCCC(=O)N3CC[C@@H](C2)[C@@H]13. The minimum Gasteiger partial charge on any atom is -0.371 e. The first-order valence-electron chi connectivity index (χ1n) is 13.1. The third-order valence-electron chi connectivity index (χ3n) is 8.25. The van der Waals surface area contributed by atoms with Crippen LogP contribution < -0.4 is 10.6 Å². The summed E-state index contributed by atoms with van der Waals surface area (Å²) in [7, 11) is 0. The molecule has 3 heterocycles. The van der Waals surface area contributed by atoms with Crippen LogP contribution in [0.3, 0.4) is 0 Å². The molecule has 8 heteroatoms. The molecule has 1 amide bonds. The Hall–Kier alpha value is -2.64. The van der Waals surface area contributed by atoms with Gasteiger partial charge in [0, 0.05) is 31.1 Å². The van der Waals surface area contributed by atoms with Crippen molar-refractivity contribution < 1.29 is 9.72 Å². The molecule has 3 fully saturated rings. The van der Waals surface area contributed by atoms with Crippen LogP contribution in [-0.2, 0) is 4.79 Å². The van der Waals surface area contributed by atoms with Crippen molar-refractivity contribution in [3.8, 4) is 0 Å². The Morgan fingerprint density at radius 2 is 1.86 bits per heavy atom. The fourth-order valence-corrected chi connectivity index (χ4v) is 7.56. The first kappa shape index (κ1) is 24.1. The van der Waals surface area contributed by atoms with Crippen molar-refractivity contribution >= 4 is 28.8 Å². The molecule has 35 heavy (non-hydrogen) atoms. The normalized spacial score (nSPS) is 31.5. The van der Waals surface area contributed by atoms with Crippen LogP contribution in [0.25, 0.3) is 0 Å². The molecule has 190 valence electrons. The molecular weight excluding hydrogens is 442 g/mol. The molecule has 1 saturated carbocycles. The molecule has 1 spiro atoms. The van der Waals surface area contributed by atoms with Gasteiger partial charge in [0.15, 0.2) is 0 Å². The first-order chi connectivity index (χ1) is 16.4. The molecule has 1 aromatic rings. The third kappa shape index (κ3) is 4.52. The third-order valence-corrected chi connectivity index (χ3v) is 8.25. The van der Waals surface area contributed by atoms with E-state index in [9.17, 15) is 14.9 Å². The maximum absolute atomic E-state index is 12.8. The average Bonchev–Trinajstić information content (AvgIpc) is 3.08. The molecule has 5 rings (SSSR count). The van der Waals surface area contributed by atoms with Gasteiger partial charge in [-0.2, -0.15) is 0 Å². The fraction of sp³-hybridized carbons (Fsp3) is 0.704. The zero-order chi connectivity index (χ0) is 25.2. The summed E-state index contributed by atoms with van der Waals surface area (Å²) in [4.78, 5) is 31.4. The second kappa shape index (κ2) is 8.20. The van der Waals surface area contributed by atoms with Crippen molar-refractivity contribution in [3.05, 3.63) is 28.3 Å². The molecule has 0 radical (unpaired) electrons. The van der Waals surface area contributed by atoms with Gasteiger partial charge in [-0.15, -0.1) is 0 Å². The number of benzene rings is 1. The van der Waals surface area contributed by atoms with Crippen LogP contribution in [0, 0.1) is 27.4 Å². The molecule has 0 unspecified atom stereocenters. The largest absolute Gasteiger partial charge is 0.371 e. The second-order valence-electron chi connectivity index (χ2n) is 13.0. The van der Waals surface area contributed by atoms with Gasteiger partial charge in [-0.1, -0.05) is 20.8 Å². The van der Waals surface area contributed by atoms with E-state index < -0.39 is 5.54 Å². The Bertz CT molecular complexity index is 1080. The average molecular weight is 482 g/mol. The highest BCUT2D eigenvalue weighted by atomic mass is 16.6. The summed E-state index contributed by atoms with van der Waals surface area (Å²) in [5, 5.41) is 18.9. The Morgan fingerprint density at radius 3 is 2.54 bits per heavy atom. The number of hydrogen-bond acceptors (Lipinski definition) is 5. The predicted octanol–water partition coefficient (Wildman–Crippen LogP) is 5.60. The van der Waals surface area contributed by atoms with E-state index in [0.717, 1.165) is 62.3 Å². The van der Waals surface area contributed by atoms with Crippen LogP contribution >= 0.6 is 0 Å². The number of carbonyl (C=O) groups excluding carboxylic acids is 1. The molecule has 4 aliphatic rings. The van der Waals surface area contributed by atoms with Crippen molar-refractivity contribution in [2.24, 2.45) is 22.2 Å². The van der Waals surface area contributed by atoms with E-state index in [0.29, 0.717) is 30.2 Å². The molecule has 2 saturated heterocycles. The van der Waals surface area contributed by atoms with E-state index >= 15 is 0 Å². The van der Waals surface area contributed by atoms with Gasteiger partial charge in [0.05, 0.1) is 27.4 Å². The van der Waals surface area contributed by atoms with E-state index in [4.69, 9.17) is 4.99 Å². The van der Waals surface area contributed by atoms with Gasteiger partial charge in [0.25, 0.3) is 5.69 Å². The van der Waals surface area contributed by atoms with Crippen LogP contribution in [0.15, 0.2) is 23.2 Å². The van der Waals surface area contributed by atoms with E-state index in [1.165, 1.54) is 0 Å². The number of carbonyl (C=O) groups is 1. The number of non-ortho nitro benzene ring substituents is 1. The lowest BCUT2D eigenvalue weighted by Gasteiger charge is -2.51. The summed E-state index contributed by atoms with van der Waals surface area (Å²) in [5.74, 6) is 2.06. The molecule has 1 aromatic carbocycles. The van der Waals surface area contributed by atoms with E-state index in [1.807, 2.05) is 0 Å². The molecule has 2 N–H and O–H groups in total. The standard InChI is InChI=1S/C27H39N5O3/c1-25(2,3)16-26(4,5)30-24-27(29-21-13-19(32(34)35)9-10-20(21)28-24)14-17-7-6-8-22(33)31-12-11-18(15-27)23(17)31/h9-10,13,17-18,23,29H,6-8,11-12,14-16H2,1-5H3,(H,28,30)/t17-,18+,23-,27+/m1/s1. The number of hydrogen-bond donors (Lipinski definition) is 2. The van der Waals surface area contributed by atoms with Crippen LogP contribution in [0.1, 0.15) is 79.6 Å². The molecular formula is C27H39N5O3. The molecule has 3 aliphatic heterocycles. The maximum Gasteiger partial charge on any atom is 0.271 e. The number of nitrogens with zero attached hydrogens (tertiary/aromatic N) is 3. The summed E-state index contributed by atoms with van der Waals surface area (Å²) in [6.07, 6.45) is 6.30. The lowest BCUT2D eigenvalue weighted by Crippen LogP contribution is -2.61. The Labute approximate surface area is 208 Å². The molecule has 0 bridgehead atoms. The molecule has 0 aromatic heterocycles. The summed E-state index contributed by atoms with van der Waals surface area (Å²) in [6, 6.07) is 5.29. The van der Waals surface area contributed by atoms with Crippen molar-refractivity contribution in [2.75, 3.05) is 17.2 Å². The molecule has 1 aliphatic carbocycles. The zero-order valence-electron chi connectivity index (χ0n) is 21.7. The lowest BCUT2D eigenvalue weighted by molar-refractivity contribution is -0.384. The van der Waals surface area contributed by atoms with Crippen molar-refractivity contribution in [3.63, 3.8) is 0 Å². The number of amidine groups is 1. The lowest BCUT2D eigenvalue weighted by atomic mass is 9.65. The summed E-state index contributed by atoms with van der Waals surface area (Å²) < 4.78 is 0. The summed E-state index contributed by atoms with van der Waals surface area (Å²) in [6.45, 7) is 12.0. The highest BCUT2D eigenvalue weighted by Crippen LogP contribution is 2.51. The van der Waals surface area contributed by atoms with Crippen LogP contribution in [-0.4, -0.2) is 45.2 Å². The van der Waals surface area contributed by atoms with Crippen molar-refractivity contribution in [1.29, 1.82) is 0 Å². The first-order valence-corrected chi connectivity index (χ1v) is 13.1. The summed E-state index contributed by atoms with van der Waals surface area (Å²) in [5.41, 5.74) is 1.12. The number of nitrogens with one attached hydrogen (secondary N) is 2. The number of nitro benzene ring substituents is 1. The monoisotopic (exact) mass is 481 g/mol. The maximum atomic E-state index is 12.8. The van der Waals surface area contributed by atoms with Gasteiger partial charge >= 0.3 is 0 Å². The van der Waals surface area contributed by atoms with Gasteiger partial charge < -0.3 is 15.5 Å². The van der Waals surface area contributed by atoms with Gasteiger partial charge in [0.1, 0.15) is 5.84 Å². The quantitative estimate of drug-likeness (QED) is 0.433. The van der Waals surface area contributed by atoms with Gasteiger partial charge in [-0.05, 0) is 75.7 Å². The number of nitro groups is 1. The number of rotatable bonds is 3. The summed E-state index contributed by atoms with van der Waals surface area (Å²) >= 11 is 0. The van der Waals surface area contributed by atoms with E-state index in [2.05, 4.69) is 50.2 Å². The topological polar surface area (TPSA) is 99.9 Å². The number of amides is 1. The fourth-order valence-electron chi connectivity index (χ4n) is 7.56. The number of aliphatic imine (C=N–C) groups is 1. The van der Waals surface area contributed by atoms with E-state index in [-0.39, 0.29) is 21.6 Å². The minimum atomic E-state index is -0.424. The second-order valence-corrected chi connectivity index (χ2v) is 13.0. The predicted molar refractivity (Wildman–Crippen MR) is 139 cm³/mol. The highest BCUT2D eigenvalue weighted by Gasteiger charge is 2.55. The molecule has 4 atom stereocenters. The van der Waals surface area contributed by atoms with Gasteiger partial charge in [-0.25, -0.2) is 0 Å².